The fraction of sp³-hybridized carbons (Fsp3) is 0.154. The van der Waals surface area contributed by atoms with Crippen molar-refractivity contribution in [2.45, 2.75) is 6.92 Å². The van der Waals surface area contributed by atoms with Crippen LogP contribution >= 0.6 is 0 Å². The molecule has 1 aliphatic rings. The summed E-state index contributed by atoms with van der Waals surface area (Å²) in [7, 11) is 1.59. The summed E-state index contributed by atoms with van der Waals surface area (Å²) in [6, 6.07) is 14.9. The highest BCUT2D eigenvalue weighted by molar-refractivity contribution is 6.05. The molecule has 0 radical (unpaired) electrons. The standard InChI is InChI=1S/C26H23N5O3/c1-4-23(32)30-12-11-29(21-10-5-7-17(2)24(21)30)22-13-18-15-27-16-28-25(18)31(26(22)33)19-8-6-9-20(14-19)34-3/h4-10,13-16H,1,11-12H2,2-3H3. The summed E-state index contributed by atoms with van der Waals surface area (Å²) in [5, 5.41) is 0.721. The molecule has 8 nitrogen and oxygen atoms in total. The Labute approximate surface area is 196 Å². The van der Waals surface area contributed by atoms with Crippen molar-refractivity contribution in [3.8, 4) is 11.4 Å². The minimum atomic E-state index is -0.226. The van der Waals surface area contributed by atoms with Crippen LogP contribution in [0.4, 0.5) is 17.1 Å². The smallest absolute Gasteiger partial charge is 0.280 e. The summed E-state index contributed by atoms with van der Waals surface area (Å²) in [6.07, 6.45) is 4.43. The number of fused-ring (bicyclic) bond motifs is 2. The van der Waals surface area contributed by atoms with Crippen molar-refractivity contribution in [2.24, 2.45) is 0 Å². The molecule has 2 aromatic carbocycles. The van der Waals surface area contributed by atoms with Crippen LogP contribution in [0.5, 0.6) is 5.75 Å². The first-order valence-corrected chi connectivity index (χ1v) is 10.8. The van der Waals surface area contributed by atoms with Gasteiger partial charge in [-0.3, -0.25) is 14.2 Å². The Balaban J connectivity index is 1.77. The fourth-order valence-corrected chi connectivity index (χ4v) is 4.45. The van der Waals surface area contributed by atoms with E-state index >= 15 is 0 Å². The van der Waals surface area contributed by atoms with Crippen LogP contribution < -0.4 is 20.1 Å². The van der Waals surface area contributed by atoms with E-state index in [4.69, 9.17) is 4.74 Å². The normalized spacial score (nSPS) is 13.0. The third kappa shape index (κ3) is 3.40. The molecule has 0 saturated carbocycles. The number of rotatable bonds is 4. The SMILES string of the molecule is C=CC(=O)N1CCN(c2cc3cncnc3n(-c3cccc(OC)c3)c2=O)c2cccc(C)c21. The lowest BCUT2D eigenvalue weighted by molar-refractivity contribution is -0.114. The van der Waals surface area contributed by atoms with Gasteiger partial charge in [-0.2, -0.15) is 0 Å². The highest BCUT2D eigenvalue weighted by Gasteiger charge is 2.30. The molecule has 3 heterocycles. The minimum Gasteiger partial charge on any atom is -0.497 e. The van der Waals surface area contributed by atoms with Crippen LogP contribution in [0.15, 0.2) is 78.5 Å². The van der Waals surface area contributed by atoms with E-state index in [9.17, 15) is 9.59 Å². The second-order valence-corrected chi connectivity index (χ2v) is 7.96. The van der Waals surface area contributed by atoms with Crippen LogP contribution in [0, 0.1) is 6.92 Å². The number of amides is 1. The Kier molecular flexibility index (Phi) is 5.33. The number of benzene rings is 2. The van der Waals surface area contributed by atoms with Crippen LogP contribution in [-0.2, 0) is 4.79 Å². The number of hydrogen-bond donors (Lipinski definition) is 0. The number of nitrogens with zero attached hydrogens (tertiary/aromatic N) is 5. The summed E-state index contributed by atoms with van der Waals surface area (Å²) in [4.78, 5) is 38.8. The number of pyridine rings is 1. The maximum absolute atomic E-state index is 14.0. The van der Waals surface area contributed by atoms with Crippen molar-refractivity contribution in [3.05, 3.63) is 89.6 Å². The first-order valence-electron chi connectivity index (χ1n) is 10.8. The molecular weight excluding hydrogens is 430 g/mol. The Morgan fingerprint density at radius 3 is 2.74 bits per heavy atom. The number of carbonyl (C=O) groups excluding carboxylic acids is 1. The maximum atomic E-state index is 14.0. The quantitative estimate of drug-likeness (QED) is 0.438. The van der Waals surface area contributed by atoms with Gasteiger partial charge in [0.2, 0.25) is 0 Å². The van der Waals surface area contributed by atoms with Crippen molar-refractivity contribution < 1.29 is 9.53 Å². The van der Waals surface area contributed by atoms with Crippen molar-refractivity contribution in [1.82, 2.24) is 14.5 Å². The second kappa shape index (κ2) is 8.47. The molecule has 0 N–H and O–H groups in total. The third-order valence-electron chi connectivity index (χ3n) is 6.01. The third-order valence-corrected chi connectivity index (χ3v) is 6.01. The molecule has 34 heavy (non-hydrogen) atoms. The average Bonchev–Trinajstić information content (AvgIpc) is 2.87. The molecule has 1 amide bonds. The Bertz CT molecular complexity index is 1490. The first kappa shape index (κ1) is 21.4. The van der Waals surface area contributed by atoms with Gasteiger partial charge in [-0.15, -0.1) is 0 Å². The van der Waals surface area contributed by atoms with Gasteiger partial charge in [-0.1, -0.05) is 24.8 Å². The Hall–Kier alpha value is -4.46. The van der Waals surface area contributed by atoms with Crippen LogP contribution in [0.25, 0.3) is 16.7 Å². The molecule has 0 bridgehead atoms. The van der Waals surface area contributed by atoms with Crippen molar-refractivity contribution in [3.63, 3.8) is 0 Å². The van der Waals surface area contributed by atoms with E-state index in [0.717, 1.165) is 22.3 Å². The van der Waals surface area contributed by atoms with Gasteiger partial charge in [0.15, 0.2) is 5.65 Å². The second-order valence-electron chi connectivity index (χ2n) is 7.96. The van der Waals surface area contributed by atoms with E-state index in [0.29, 0.717) is 35.9 Å². The molecule has 2 aromatic heterocycles. The van der Waals surface area contributed by atoms with E-state index in [2.05, 4.69) is 16.5 Å². The van der Waals surface area contributed by atoms with E-state index < -0.39 is 0 Å². The molecule has 0 fully saturated rings. The fourth-order valence-electron chi connectivity index (χ4n) is 4.45. The molecule has 0 atom stereocenters. The number of para-hydroxylation sites is 1. The number of anilines is 3. The summed E-state index contributed by atoms with van der Waals surface area (Å²) < 4.78 is 6.95. The number of hydrogen-bond acceptors (Lipinski definition) is 6. The molecule has 0 unspecified atom stereocenters. The predicted molar refractivity (Wildman–Crippen MR) is 132 cm³/mol. The lowest BCUT2D eigenvalue weighted by atomic mass is 10.1. The number of aromatic nitrogens is 3. The predicted octanol–water partition coefficient (Wildman–Crippen LogP) is 3.77. The lowest BCUT2D eigenvalue weighted by Gasteiger charge is -2.38. The molecule has 5 rings (SSSR count). The van der Waals surface area contributed by atoms with Gasteiger partial charge in [0.1, 0.15) is 17.8 Å². The zero-order chi connectivity index (χ0) is 23.8. The Morgan fingerprint density at radius 1 is 1.12 bits per heavy atom. The minimum absolute atomic E-state index is 0.170. The van der Waals surface area contributed by atoms with Crippen molar-refractivity contribution in [1.29, 1.82) is 0 Å². The van der Waals surface area contributed by atoms with Crippen LogP contribution in [-0.4, -0.2) is 40.6 Å². The summed E-state index contributed by atoms with van der Waals surface area (Å²) in [6.45, 7) is 6.46. The first-order chi connectivity index (χ1) is 16.5. The molecule has 170 valence electrons. The van der Waals surface area contributed by atoms with Crippen LogP contribution in [0.2, 0.25) is 0 Å². The number of ether oxygens (including phenoxy) is 1. The largest absolute Gasteiger partial charge is 0.497 e. The molecule has 0 aliphatic carbocycles. The Morgan fingerprint density at radius 2 is 1.94 bits per heavy atom. The van der Waals surface area contributed by atoms with Crippen molar-refractivity contribution >= 4 is 34.0 Å². The topological polar surface area (TPSA) is 80.6 Å². The summed E-state index contributed by atoms with van der Waals surface area (Å²) >= 11 is 0. The van der Waals surface area contributed by atoms with Gasteiger partial charge in [-0.05, 0) is 42.8 Å². The molecule has 1 aliphatic heterocycles. The van der Waals surface area contributed by atoms with E-state index in [-0.39, 0.29) is 11.5 Å². The van der Waals surface area contributed by atoms with Gasteiger partial charge >= 0.3 is 0 Å². The van der Waals surface area contributed by atoms with Gasteiger partial charge in [0.25, 0.3) is 11.5 Å². The monoisotopic (exact) mass is 453 g/mol. The van der Waals surface area contributed by atoms with E-state index in [1.165, 1.54) is 12.4 Å². The molecule has 4 aromatic rings. The molecular formula is C26H23N5O3. The van der Waals surface area contributed by atoms with Gasteiger partial charge in [0, 0.05) is 30.7 Å². The zero-order valence-corrected chi connectivity index (χ0v) is 18.9. The summed E-state index contributed by atoms with van der Waals surface area (Å²) in [5.74, 6) is 0.463. The maximum Gasteiger partial charge on any atom is 0.280 e. The summed E-state index contributed by atoms with van der Waals surface area (Å²) in [5.41, 5.74) is 3.89. The van der Waals surface area contributed by atoms with Gasteiger partial charge in [-0.25, -0.2) is 9.97 Å². The zero-order valence-electron chi connectivity index (χ0n) is 18.9. The highest BCUT2D eigenvalue weighted by atomic mass is 16.5. The number of carbonyl (C=O) groups is 1. The van der Waals surface area contributed by atoms with E-state index in [1.807, 2.05) is 54.3 Å². The lowest BCUT2D eigenvalue weighted by Crippen LogP contribution is -2.43. The average molecular weight is 454 g/mol. The van der Waals surface area contributed by atoms with Crippen LogP contribution in [0.3, 0.4) is 0 Å². The van der Waals surface area contributed by atoms with E-state index in [1.54, 1.807) is 28.8 Å². The molecule has 0 spiro atoms. The van der Waals surface area contributed by atoms with Crippen molar-refractivity contribution in [2.75, 3.05) is 30.0 Å². The van der Waals surface area contributed by atoms with Gasteiger partial charge < -0.3 is 14.5 Å². The number of methoxy groups -OCH3 is 1. The molecule has 8 heteroatoms. The van der Waals surface area contributed by atoms with Crippen LogP contribution in [0.1, 0.15) is 5.56 Å². The molecule has 0 saturated heterocycles. The highest BCUT2D eigenvalue weighted by Crippen LogP contribution is 2.39. The van der Waals surface area contributed by atoms with Gasteiger partial charge in [0.05, 0.1) is 24.2 Å². The number of aryl methyl sites for hydroxylation is 1.